The van der Waals surface area contributed by atoms with Gasteiger partial charge >= 0.3 is 0 Å². The SMILES string of the molecule is Cc1cccc(CCN2C(=O)C(C)(C)NC(=O)C2C)c1. The van der Waals surface area contributed by atoms with Crippen LogP contribution in [0.15, 0.2) is 24.3 Å². The van der Waals surface area contributed by atoms with Gasteiger partial charge in [0.2, 0.25) is 11.8 Å². The molecule has 1 aromatic carbocycles. The average molecular weight is 274 g/mol. The van der Waals surface area contributed by atoms with Gasteiger partial charge in [0.05, 0.1) is 0 Å². The van der Waals surface area contributed by atoms with Crippen LogP contribution in [0.25, 0.3) is 0 Å². The van der Waals surface area contributed by atoms with Crippen LogP contribution in [-0.2, 0) is 16.0 Å². The van der Waals surface area contributed by atoms with Gasteiger partial charge in [0.1, 0.15) is 11.6 Å². The fraction of sp³-hybridized carbons (Fsp3) is 0.500. The first-order valence-corrected chi connectivity index (χ1v) is 7.00. The minimum Gasteiger partial charge on any atom is -0.340 e. The van der Waals surface area contributed by atoms with Gasteiger partial charge in [0.15, 0.2) is 0 Å². The molecular formula is C16H22N2O2. The van der Waals surface area contributed by atoms with Gasteiger partial charge < -0.3 is 10.2 Å². The van der Waals surface area contributed by atoms with Gasteiger partial charge in [-0.25, -0.2) is 0 Å². The van der Waals surface area contributed by atoms with Crippen LogP contribution >= 0.6 is 0 Å². The molecule has 0 aliphatic carbocycles. The molecule has 1 saturated heterocycles. The number of carbonyl (C=O) groups is 2. The number of carbonyl (C=O) groups excluding carboxylic acids is 2. The molecule has 1 unspecified atom stereocenters. The summed E-state index contributed by atoms with van der Waals surface area (Å²) in [5.41, 5.74) is 1.59. The van der Waals surface area contributed by atoms with Crippen molar-refractivity contribution in [1.82, 2.24) is 10.2 Å². The fourth-order valence-corrected chi connectivity index (χ4v) is 2.55. The molecule has 1 N–H and O–H groups in total. The summed E-state index contributed by atoms with van der Waals surface area (Å²) in [5.74, 6) is -0.101. The van der Waals surface area contributed by atoms with Crippen LogP contribution in [-0.4, -0.2) is 34.8 Å². The molecule has 0 saturated carbocycles. The molecular weight excluding hydrogens is 252 g/mol. The molecule has 0 radical (unpaired) electrons. The number of nitrogens with one attached hydrogen (secondary N) is 1. The molecule has 0 spiro atoms. The quantitative estimate of drug-likeness (QED) is 0.911. The zero-order chi connectivity index (χ0) is 14.9. The van der Waals surface area contributed by atoms with Crippen molar-refractivity contribution < 1.29 is 9.59 Å². The van der Waals surface area contributed by atoms with Gasteiger partial charge in [-0.1, -0.05) is 29.8 Å². The van der Waals surface area contributed by atoms with E-state index in [4.69, 9.17) is 0 Å². The predicted molar refractivity (Wildman–Crippen MR) is 78.3 cm³/mol. The zero-order valence-corrected chi connectivity index (χ0v) is 12.6. The summed E-state index contributed by atoms with van der Waals surface area (Å²) in [7, 11) is 0. The van der Waals surface area contributed by atoms with Crippen LogP contribution in [0.3, 0.4) is 0 Å². The van der Waals surface area contributed by atoms with Crippen LogP contribution < -0.4 is 5.32 Å². The molecule has 1 aliphatic heterocycles. The highest BCUT2D eigenvalue weighted by molar-refractivity contribution is 5.99. The van der Waals surface area contributed by atoms with Crippen molar-refractivity contribution in [1.29, 1.82) is 0 Å². The largest absolute Gasteiger partial charge is 0.340 e. The number of benzene rings is 1. The van der Waals surface area contributed by atoms with E-state index in [0.29, 0.717) is 6.54 Å². The number of hydrogen-bond donors (Lipinski definition) is 1. The Morgan fingerprint density at radius 2 is 2.00 bits per heavy atom. The fourth-order valence-electron chi connectivity index (χ4n) is 2.55. The highest BCUT2D eigenvalue weighted by Gasteiger charge is 2.42. The molecule has 1 aliphatic rings. The smallest absolute Gasteiger partial charge is 0.248 e. The van der Waals surface area contributed by atoms with Crippen LogP contribution in [0.4, 0.5) is 0 Å². The Labute approximate surface area is 120 Å². The minimum atomic E-state index is -0.809. The standard InChI is InChI=1S/C16H22N2O2/c1-11-6-5-7-13(10-11)8-9-18-12(2)14(19)17-16(3,4)15(18)20/h5-7,10,12H,8-9H2,1-4H3,(H,17,19). The number of hydrogen-bond acceptors (Lipinski definition) is 2. The Morgan fingerprint density at radius 1 is 1.30 bits per heavy atom. The summed E-state index contributed by atoms with van der Waals surface area (Å²) in [6, 6.07) is 7.83. The van der Waals surface area contributed by atoms with Gasteiger partial charge in [-0.15, -0.1) is 0 Å². The lowest BCUT2D eigenvalue weighted by Gasteiger charge is -2.41. The highest BCUT2D eigenvalue weighted by atomic mass is 16.2. The molecule has 4 nitrogen and oxygen atoms in total. The molecule has 4 heteroatoms. The first kappa shape index (κ1) is 14.6. The van der Waals surface area contributed by atoms with E-state index in [2.05, 4.69) is 30.4 Å². The monoisotopic (exact) mass is 274 g/mol. The van der Waals surface area contributed by atoms with Crippen LogP contribution in [0, 0.1) is 6.92 Å². The zero-order valence-electron chi connectivity index (χ0n) is 12.6. The first-order chi connectivity index (χ1) is 9.31. The molecule has 1 aromatic rings. The van der Waals surface area contributed by atoms with Crippen molar-refractivity contribution in [2.75, 3.05) is 6.54 Å². The van der Waals surface area contributed by atoms with Gasteiger partial charge in [0.25, 0.3) is 0 Å². The van der Waals surface area contributed by atoms with E-state index in [-0.39, 0.29) is 11.8 Å². The summed E-state index contributed by atoms with van der Waals surface area (Å²) >= 11 is 0. The third kappa shape index (κ3) is 2.84. The average Bonchev–Trinajstić information content (AvgIpc) is 2.36. The number of rotatable bonds is 3. The van der Waals surface area contributed by atoms with Gasteiger partial charge in [-0.05, 0) is 39.7 Å². The van der Waals surface area contributed by atoms with Crippen molar-refractivity contribution in [3.05, 3.63) is 35.4 Å². The Bertz CT molecular complexity index is 537. The number of nitrogens with zero attached hydrogens (tertiary/aromatic N) is 1. The van der Waals surface area contributed by atoms with E-state index < -0.39 is 11.6 Å². The van der Waals surface area contributed by atoms with E-state index in [0.717, 1.165) is 6.42 Å². The number of amides is 2. The Balaban J connectivity index is 2.10. The van der Waals surface area contributed by atoms with Crippen molar-refractivity contribution in [3.8, 4) is 0 Å². The third-order valence-corrected chi connectivity index (χ3v) is 3.80. The van der Waals surface area contributed by atoms with Crippen molar-refractivity contribution in [2.45, 2.75) is 45.7 Å². The number of aryl methyl sites for hydroxylation is 1. The molecule has 2 amide bonds. The van der Waals surface area contributed by atoms with E-state index >= 15 is 0 Å². The van der Waals surface area contributed by atoms with Crippen molar-refractivity contribution in [2.24, 2.45) is 0 Å². The molecule has 1 heterocycles. The van der Waals surface area contributed by atoms with Crippen molar-refractivity contribution >= 4 is 11.8 Å². The summed E-state index contributed by atoms with van der Waals surface area (Å²) in [6.07, 6.45) is 0.765. The first-order valence-electron chi connectivity index (χ1n) is 7.00. The summed E-state index contributed by atoms with van der Waals surface area (Å²) < 4.78 is 0. The maximum Gasteiger partial charge on any atom is 0.248 e. The Kier molecular flexibility index (Phi) is 3.84. The lowest BCUT2D eigenvalue weighted by atomic mass is 9.96. The van der Waals surface area contributed by atoms with Crippen LogP contribution in [0.5, 0.6) is 0 Å². The van der Waals surface area contributed by atoms with E-state index in [1.54, 1.807) is 25.7 Å². The Morgan fingerprint density at radius 3 is 2.65 bits per heavy atom. The molecule has 0 aromatic heterocycles. The number of piperazine rings is 1. The maximum atomic E-state index is 12.4. The van der Waals surface area contributed by atoms with Crippen molar-refractivity contribution in [3.63, 3.8) is 0 Å². The van der Waals surface area contributed by atoms with Crippen LogP contribution in [0.2, 0.25) is 0 Å². The second-order valence-corrected chi connectivity index (χ2v) is 6.03. The topological polar surface area (TPSA) is 49.4 Å². The summed E-state index contributed by atoms with van der Waals surface area (Å²) in [5, 5.41) is 2.76. The molecule has 108 valence electrons. The highest BCUT2D eigenvalue weighted by Crippen LogP contribution is 2.18. The second kappa shape index (κ2) is 5.27. The van der Waals surface area contributed by atoms with Gasteiger partial charge in [-0.3, -0.25) is 9.59 Å². The van der Waals surface area contributed by atoms with E-state index in [1.165, 1.54) is 11.1 Å². The lowest BCUT2D eigenvalue weighted by molar-refractivity contribution is -0.152. The molecule has 1 fully saturated rings. The lowest BCUT2D eigenvalue weighted by Crippen LogP contribution is -2.67. The third-order valence-electron chi connectivity index (χ3n) is 3.80. The Hall–Kier alpha value is -1.84. The minimum absolute atomic E-state index is 0.0164. The predicted octanol–water partition coefficient (Wildman–Crippen LogP) is 1.66. The second-order valence-electron chi connectivity index (χ2n) is 6.03. The van der Waals surface area contributed by atoms with Gasteiger partial charge in [-0.2, -0.15) is 0 Å². The van der Waals surface area contributed by atoms with E-state index in [1.807, 2.05) is 6.07 Å². The molecule has 20 heavy (non-hydrogen) atoms. The molecule has 2 rings (SSSR count). The van der Waals surface area contributed by atoms with E-state index in [9.17, 15) is 9.59 Å². The summed E-state index contributed by atoms with van der Waals surface area (Å²) in [6.45, 7) is 7.89. The van der Waals surface area contributed by atoms with Crippen LogP contribution in [0.1, 0.15) is 31.9 Å². The van der Waals surface area contributed by atoms with Gasteiger partial charge in [0, 0.05) is 6.54 Å². The summed E-state index contributed by atoms with van der Waals surface area (Å²) in [4.78, 5) is 26.0. The molecule has 1 atom stereocenters. The maximum absolute atomic E-state index is 12.4. The molecule has 0 bridgehead atoms. The normalized spacial score (nSPS) is 21.8.